The highest BCUT2D eigenvalue weighted by Gasteiger charge is 2.37. The summed E-state index contributed by atoms with van der Waals surface area (Å²) in [7, 11) is 0. The molecule has 0 amide bonds. The molecule has 118 valence electrons. The van der Waals surface area contributed by atoms with E-state index in [1.54, 1.807) is 16.8 Å². The first-order chi connectivity index (χ1) is 10.4. The minimum atomic E-state index is -2.74. The predicted molar refractivity (Wildman–Crippen MR) is 75.7 cm³/mol. The number of hydrogen-bond donors (Lipinski definition) is 1. The molecular weight excluding hydrogens is 293 g/mol. The van der Waals surface area contributed by atoms with Crippen molar-refractivity contribution >= 4 is 0 Å². The van der Waals surface area contributed by atoms with Crippen LogP contribution in [0.2, 0.25) is 0 Å². The topological polar surface area (TPSA) is 56.7 Å². The fraction of sp³-hybridized carbons (Fsp3) is 0.467. The molecule has 0 saturated heterocycles. The normalized spacial score (nSPS) is 18.3. The molecule has 2 aromatic rings. The summed E-state index contributed by atoms with van der Waals surface area (Å²) in [5.74, 6) is -3.23. The molecular formula is C15H17F3N4. The van der Waals surface area contributed by atoms with Crippen LogP contribution in [0.25, 0.3) is 11.4 Å². The van der Waals surface area contributed by atoms with Gasteiger partial charge in [-0.15, -0.1) is 0 Å². The number of aryl methyl sites for hydroxylation is 1. The van der Waals surface area contributed by atoms with E-state index in [2.05, 4.69) is 10.1 Å². The monoisotopic (exact) mass is 310 g/mol. The third-order valence-corrected chi connectivity index (χ3v) is 4.09. The van der Waals surface area contributed by atoms with E-state index >= 15 is 0 Å². The van der Waals surface area contributed by atoms with Gasteiger partial charge in [-0.25, -0.2) is 22.8 Å². The van der Waals surface area contributed by atoms with Gasteiger partial charge in [0.1, 0.15) is 11.6 Å². The third-order valence-electron chi connectivity index (χ3n) is 4.09. The van der Waals surface area contributed by atoms with Gasteiger partial charge in [0.15, 0.2) is 5.82 Å². The summed E-state index contributed by atoms with van der Waals surface area (Å²) in [6.45, 7) is 1.55. The smallest absolute Gasteiger partial charge is 0.248 e. The van der Waals surface area contributed by atoms with Gasteiger partial charge >= 0.3 is 0 Å². The molecule has 4 nitrogen and oxygen atoms in total. The second-order valence-electron chi connectivity index (χ2n) is 5.74. The highest BCUT2D eigenvalue weighted by atomic mass is 19.3. The van der Waals surface area contributed by atoms with Crippen LogP contribution in [0.5, 0.6) is 0 Å². The summed E-state index contributed by atoms with van der Waals surface area (Å²) in [5, 5.41) is 4.24. The van der Waals surface area contributed by atoms with E-state index < -0.39 is 17.7 Å². The molecule has 1 aliphatic heterocycles. The van der Waals surface area contributed by atoms with Crippen molar-refractivity contribution in [3.05, 3.63) is 35.4 Å². The van der Waals surface area contributed by atoms with Crippen LogP contribution < -0.4 is 5.73 Å². The Kier molecular flexibility index (Phi) is 3.68. The van der Waals surface area contributed by atoms with Crippen LogP contribution in [0.3, 0.4) is 0 Å². The summed E-state index contributed by atoms with van der Waals surface area (Å²) < 4.78 is 42.6. The molecule has 0 radical (unpaired) electrons. The summed E-state index contributed by atoms with van der Waals surface area (Å²) in [6, 6.07) is 4.63. The van der Waals surface area contributed by atoms with Crippen LogP contribution in [0.15, 0.2) is 18.2 Å². The zero-order valence-electron chi connectivity index (χ0n) is 12.2. The lowest BCUT2D eigenvalue weighted by Crippen LogP contribution is -2.32. The number of rotatable bonds is 3. The molecule has 1 aromatic heterocycles. The molecule has 7 heteroatoms. The summed E-state index contributed by atoms with van der Waals surface area (Å²) in [6.07, 6.45) is 0.493. The lowest BCUT2D eigenvalue weighted by atomic mass is 9.92. The maximum absolute atomic E-state index is 14.1. The van der Waals surface area contributed by atoms with Crippen LogP contribution in [-0.4, -0.2) is 20.7 Å². The van der Waals surface area contributed by atoms with Crippen molar-refractivity contribution < 1.29 is 13.2 Å². The standard InChI is InChI=1S/C15H17F3N4/c1-15(17,18)10-4-5-22-13(7-10)20-14(21-22)11-3-2-9(8-19)6-12(11)16/h2-3,6,10H,4-5,7-8,19H2,1H3. The van der Waals surface area contributed by atoms with Crippen molar-refractivity contribution in [2.75, 3.05) is 0 Å². The molecule has 1 unspecified atom stereocenters. The molecule has 1 aromatic carbocycles. The second kappa shape index (κ2) is 5.39. The predicted octanol–water partition coefficient (Wildman–Crippen LogP) is 2.76. The van der Waals surface area contributed by atoms with Gasteiger partial charge in [-0.2, -0.15) is 5.10 Å². The number of halogens is 3. The number of aromatic nitrogens is 3. The number of benzene rings is 1. The Hall–Kier alpha value is -1.89. The maximum atomic E-state index is 14.1. The fourth-order valence-corrected chi connectivity index (χ4v) is 2.72. The highest BCUT2D eigenvalue weighted by Crippen LogP contribution is 2.33. The molecule has 2 heterocycles. The van der Waals surface area contributed by atoms with E-state index in [9.17, 15) is 13.2 Å². The quantitative estimate of drug-likeness (QED) is 0.948. The number of hydrogen-bond acceptors (Lipinski definition) is 3. The van der Waals surface area contributed by atoms with Crippen LogP contribution in [0.4, 0.5) is 13.2 Å². The zero-order chi connectivity index (χ0) is 15.9. The summed E-state index contributed by atoms with van der Waals surface area (Å²) in [5.41, 5.74) is 6.41. The van der Waals surface area contributed by atoms with Crippen LogP contribution in [-0.2, 0) is 19.5 Å². The zero-order valence-corrected chi connectivity index (χ0v) is 12.2. The Morgan fingerprint density at radius 1 is 1.41 bits per heavy atom. The molecule has 0 aliphatic carbocycles. The molecule has 22 heavy (non-hydrogen) atoms. The third kappa shape index (κ3) is 2.72. The lowest BCUT2D eigenvalue weighted by Gasteiger charge is -2.26. The van der Waals surface area contributed by atoms with Crippen LogP contribution in [0, 0.1) is 11.7 Å². The van der Waals surface area contributed by atoms with Gasteiger partial charge in [0, 0.05) is 25.4 Å². The van der Waals surface area contributed by atoms with E-state index in [1.807, 2.05) is 0 Å². The first-order valence-electron chi connectivity index (χ1n) is 7.19. The number of alkyl halides is 2. The largest absolute Gasteiger partial charge is 0.326 e. The maximum Gasteiger partial charge on any atom is 0.248 e. The number of fused-ring (bicyclic) bond motifs is 1. The van der Waals surface area contributed by atoms with Crippen molar-refractivity contribution in [3.8, 4) is 11.4 Å². The molecule has 2 N–H and O–H groups in total. The number of nitrogens with zero attached hydrogens (tertiary/aromatic N) is 3. The van der Waals surface area contributed by atoms with E-state index in [0.717, 1.165) is 6.92 Å². The molecule has 0 spiro atoms. The molecule has 1 atom stereocenters. The van der Waals surface area contributed by atoms with Crippen LogP contribution in [0.1, 0.15) is 24.7 Å². The summed E-state index contributed by atoms with van der Waals surface area (Å²) >= 11 is 0. The molecule has 1 aliphatic rings. The summed E-state index contributed by atoms with van der Waals surface area (Å²) in [4.78, 5) is 4.25. The Bertz CT molecular complexity index is 691. The first kappa shape index (κ1) is 15.0. The Balaban J connectivity index is 1.91. The van der Waals surface area contributed by atoms with Gasteiger partial charge in [0.2, 0.25) is 5.92 Å². The average Bonchev–Trinajstić information content (AvgIpc) is 2.88. The second-order valence-corrected chi connectivity index (χ2v) is 5.74. The Morgan fingerprint density at radius 2 is 2.18 bits per heavy atom. The van der Waals surface area contributed by atoms with E-state index in [1.165, 1.54) is 6.07 Å². The van der Waals surface area contributed by atoms with Crippen LogP contribution >= 0.6 is 0 Å². The van der Waals surface area contributed by atoms with Gasteiger partial charge in [0.05, 0.1) is 5.56 Å². The molecule has 3 rings (SSSR count). The molecule has 0 bridgehead atoms. The van der Waals surface area contributed by atoms with Gasteiger partial charge in [0.25, 0.3) is 0 Å². The van der Waals surface area contributed by atoms with Crippen molar-refractivity contribution in [1.29, 1.82) is 0 Å². The lowest BCUT2D eigenvalue weighted by molar-refractivity contribution is -0.0495. The Morgan fingerprint density at radius 3 is 2.82 bits per heavy atom. The number of nitrogens with two attached hydrogens (primary N) is 1. The van der Waals surface area contributed by atoms with Crippen molar-refractivity contribution in [3.63, 3.8) is 0 Å². The van der Waals surface area contributed by atoms with Gasteiger partial charge in [-0.3, -0.25) is 0 Å². The van der Waals surface area contributed by atoms with Crippen molar-refractivity contribution in [2.24, 2.45) is 11.7 Å². The van der Waals surface area contributed by atoms with E-state index in [-0.39, 0.29) is 24.4 Å². The van der Waals surface area contributed by atoms with Gasteiger partial charge < -0.3 is 5.73 Å². The average molecular weight is 310 g/mol. The van der Waals surface area contributed by atoms with Gasteiger partial charge in [-0.05, 0) is 31.0 Å². The minimum Gasteiger partial charge on any atom is -0.326 e. The first-order valence-corrected chi connectivity index (χ1v) is 7.19. The van der Waals surface area contributed by atoms with Gasteiger partial charge in [-0.1, -0.05) is 6.07 Å². The Labute approximate surface area is 126 Å². The minimum absolute atomic E-state index is 0.152. The van der Waals surface area contributed by atoms with Crippen molar-refractivity contribution in [2.45, 2.75) is 38.8 Å². The van der Waals surface area contributed by atoms with Crippen molar-refractivity contribution in [1.82, 2.24) is 14.8 Å². The fourth-order valence-electron chi connectivity index (χ4n) is 2.72. The van der Waals surface area contributed by atoms with E-state index in [0.29, 0.717) is 24.4 Å². The highest BCUT2D eigenvalue weighted by molar-refractivity contribution is 5.56. The molecule has 0 fully saturated rings. The molecule has 0 saturated carbocycles. The van der Waals surface area contributed by atoms with E-state index in [4.69, 9.17) is 5.73 Å². The SMILES string of the molecule is CC(F)(F)C1CCn2nc(-c3ccc(CN)cc3F)nc2C1.